The number of hydrogen-bond donors (Lipinski definition) is 2. The molecule has 1 heterocycles. The van der Waals surface area contributed by atoms with Crippen LogP contribution in [0.15, 0.2) is 51.7 Å². The monoisotopic (exact) mass is 476 g/mol. The zero-order valence-corrected chi connectivity index (χ0v) is 18.5. The lowest BCUT2D eigenvalue weighted by atomic mass is 10.0. The second-order valence-electron chi connectivity index (χ2n) is 7.54. The minimum Gasteiger partial charge on any atom is -0.497 e. The highest BCUT2D eigenvalue weighted by atomic mass is 19.4. The normalized spacial score (nSPS) is 11.3. The maximum absolute atomic E-state index is 12.6. The quantitative estimate of drug-likeness (QED) is 0.383. The van der Waals surface area contributed by atoms with E-state index in [2.05, 4.69) is 10.6 Å². The Bertz CT molecular complexity index is 1250. The van der Waals surface area contributed by atoms with Crippen molar-refractivity contribution in [2.45, 2.75) is 25.9 Å². The summed E-state index contributed by atoms with van der Waals surface area (Å²) in [6.07, 6.45) is -4.25. The number of methoxy groups -OCH3 is 1. The molecule has 2 N–H and O–H groups in total. The summed E-state index contributed by atoms with van der Waals surface area (Å²) in [6.45, 7) is 2.00. The fraction of sp³-hybridized carbons (Fsp3) is 0.292. The zero-order chi connectivity index (χ0) is 24.9. The molecule has 1 aromatic heterocycles. The molecule has 2 amide bonds. The number of carbonyl (C=O) groups is 2. The van der Waals surface area contributed by atoms with Gasteiger partial charge in [0, 0.05) is 42.1 Å². The van der Waals surface area contributed by atoms with Crippen LogP contribution in [0.2, 0.25) is 0 Å². The molecule has 0 aliphatic heterocycles. The summed E-state index contributed by atoms with van der Waals surface area (Å²) in [7, 11) is 1.51. The van der Waals surface area contributed by atoms with E-state index in [1.54, 1.807) is 25.1 Å². The van der Waals surface area contributed by atoms with Crippen LogP contribution in [0.1, 0.15) is 33.5 Å². The van der Waals surface area contributed by atoms with Crippen molar-refractivity contribution < 1.29 is 31.9 Å². The fourth-order valence-corrected chi connectivity index (χ4v) is 3.41. The van der Waals surface area contributed by atoms with Gasteiger partial charge < -0.3 is 19.8 Å². The summed E-state index contributed by atoms with van der Waals surface area (Å²) in [6, 6.07) is 9.00. The van der Waals surface area contributed by atoms with Crippen LogP contribution in [0.25, 0.3) is 11.0 Å². The molecule has 0 saturated heterocycles. The zero-order valence-electron chi connectivity index (χ0n) is 18.5. The van der Waals surface area contributed by atoms with E-state index in [0.29, 0.717) is 16.9 Å². The van der Waals surface area contributed by atoms with Crippen molar-refractivity contribution in [2.24, 2.45) is 0 Å². The molecule has 0 bridgehead atoms. The third kappa shape index (κ3) is 5.94. The topological polar surface area (TPSA) is 97.6 Å². The molecule has 7 nitrogen and oxygen atoms in total. The molecule has 0 unspecified atom stereocenters. The Balaban J connectivity index is 1.48. The largest absolute Gasteiger partial charge is 0.497 e. The first-order valence-corrected chi connectivity index (χ1v) is 10.4. The van der Waals surface area contributed by atoms with Crippen LogP contribution in [0, 0.1) is 6.92 Å². The molecule has 0 spiro atoms. The Labute approximate surface area is 192 Å². The number of carbonyl (C=O) groups excluding carboxylic acids is 2. The molecular weight excluding hydrogens is 453 g/mol. The molecule has 0 radical (unpaired) electrons. The number of amides is 2. The third-order valence-corrected chi connectivity index (χ3v) is 5.30. The van der Waals surface area contributed by atoms with Crippen LogP contribution in [0.5, 0.6) is 5.75 Å². The summed E-state index contributed by atoms with van der Waals surface area (Å²) in [5, 5.41) is 5.90. The fourth-order valence-electron chi connectivity index (χ4n) is 3.41. The highest BCUT2D eigenvalue weighted by Gasteiger charge is 2.30. The van der Waals surface area contributed by atoms with Gasteiger partial charge in [-0.3, -0.25) is 9.59 Å². The van der Waals surface area contributed by atoms with Crippen molar-refractivity contribution in [3.05, 3.63) is 75.1 Å². The number of fused-ring (bicyclic) bond motifs is 1. The van der Waals surface area contributed by atoms with Crippen LogP contribution in [-0.4, -0.2) is 32.0 Å². The van der Waals surface area contributed by atoms with E-state index in [4.69, 9.17) is 9.15 Å². The van der Waals surface area contributed by atoms with Gasteiger partial charge in [0.2, 0.25) is 5.91 Å². The molecule has 10 heteroatoms. The maximum atomic E-state index is 12.6. The standard InChI is InChI=1S/C24H23F3N2O5/c1-14-18-8-7-17(33-2)13-20(18)34-23(32)19(14)9-10-21(30)28-11-12-29-22(31)15-3-5-16(6-4-15)24(25,26)27/h3-8,13H,9-12H2,1-2H3,(H,28,30)(H,29,31). The van der Waals surface area contributed by atoms with Crippen LogP contribution in [0.3, 0.4) is 0 Å². The Hall–Kier alpha value is -3.82. The maximum Gasteiger partial charge on any atom is 0.416 e. The lowest BCUT2D eigenvalue weighted by Gasteiger charge is -2.10. The van der Waals surface area contributed by atoms with Gasteiger partial charge in [-0.05, 0) is 55.3 Å². The first kappa shape index (κ1) is 24.8. The second-order valence-corrected chi connectivity index (χ2v) is 7.54. The first-order valence-electron chi connectivity index (χ1n) is 10.4. The van der Waals surface area contributed by atoms with Gasteiger partial charge in [-0.25, -0.2) is 4.79 Å². The summed E-state index contributed by atoms with van der Waals surface area (Å²) < 4.78 is 48.3. The lowest BCUT2D eigenvalue weighted by Crippen LogP contribution is -2.35. The van der Waals surface area contributed by atoms with Crippen molar-refractivity contribution in [3.63, 3.8) is 0 Å². The van der Waals surface area contributed by atoms with Crippen LogP contribution < -0.4 is 21.0 Å². The summed E-state index contributed by atoms with van der Waals surface area (Å²) >= 11 is 0. The van der Waals surface area contributed by atoms with Crippen molar-refractivity contribution in [1.82, 2.24) is 10.6 Å². The number of aryl methyl sites for hydroxylation is 1. The van der Waals surface area contributed by atoms with E-state index < -0.39 is 23.3 Å². The molecule has 2 aromatic carbocycles. The average Bonchev–Trinajstić information content (AvgIpc) is 2.80. The molecule has 0 aliphatic carbocycles. The molecular formula is C24H23F3N2O5. The second kappa shape index (κ2) is 10.4. The van der Waals surface area contributed by atoms with Crippen molar-refractivity contribution in [3.8, 4) is 5.75 Å². The minimum atomic E-state index is -4.47. The number of ether oxygens (including phenoxy) is 1. The number of halogens is 3. The van der Waals surface area contributed by atoms with Crippen LogP contribution >= 0.6 is 0 Å². The van der Waals surface area contributed by atoms with E-state index in [0.717, 1.165) is 35.2 Å². The van der Waals surface area contributed by atoms with Crippen molar-refractivity contribution in [1.29, 1.82) is 0 Å². The number of benzene rings is 2. The summed E-state index contributed by atoms with van der Waals surface area (Å²) in [5.74, 6) is -0.311. The summed E-state index contributed by atoms with van der Waals surface area (Å²) in [4.78, 5) is 36.5. The average molecular weight is 476 g/mol. The Morgan fingerprint density at radius 3 is 2.35 bits per heavy atom. The molecule has 0 saturated carbocycles. The Morgan fingerprint density at radius 1 is 1.03 bits per heavy atom. The molecule has 0 atom stereocenters. The molecule has 3 aromatic rings. The minimum absolute atomic E-state index is 0.0418. The van der Waals surface area contributed by atoms with E-state index in [9.17, 15) is 27.6 Å². The smallest absolute Gasteiger partial charge is 0.416 e. The van der Waals surface area contributed by atoms with Gasteiger partial charge in [-0.2, -0.15) is 13.2 Å². The number of rotatable bonds is 8. The SMILES string of the molecule is COc1ccc2c(C)c(CCC(=O)NCCNC(=O)c3ccc(C(F)(F)F)cc3)c(=O)oc2c1. The Morgan fingerprint density at radius 2 is 1.71 bits per heavy atom. The molecule has 34 heavy (non-hydrogen) atoms. The van der Waals surface area contributed by atoms with Gasteiger partial charge in [-0.1, -0.05) is 0 Å². The van der Waals surface area contributed by atoms with Gasteiger partial charge >= 0.3 is 11.8 Å². The van der Waals surface area contributed by atoms with E-state index in [1.165, 1.54) is 7.11 Å². The van der Waals surface area contributed by atoms with Gasteiger partial charge in [0.15, 0.2) is 0 Å². The predicted molar refractivity (Wildman–Crippen MR) is 119 cm³/mol. The molecule has 3 rings (SSSR count). The van der Waals surface area contributed by atoms with E-state index in [1.807, 2.05) is 0 Å². The molecule has 180 valence electrons. The predicted octanol–water partition coefficient (Wildman–Crippen LogP) is 3.61. The highest BCUT2D eigenvalue weighted by Crippen LogP contribution is 2.29. The van der Waals surface area contributed by atoms with Crippen LogP contribution in [-0.2, 0) is 17.4 Å². The van der Waals surface area contributed by atoms with E-state index in [-0.39, 0.29) is 37.4 Å². The first-order chi connectivity index (χ1) is 16.1. The van der Waals surface area contributed by atoms with Gasteiger partial charge in [-0.15, -0.1) is 0 Å². The lowest BCUT2D eigenvalue weighted by molar-refractivity contribution is -0.137. The number of hydrogen-bond acceptors (Lipinski definition) is 5. The van der Waals surface area contributed by atoms with Gasteiger partial charge in [0.25, 0.3) is 5.91 Å². The molecule has 0 fully saturated rings. The van der Waals surface area contributed by atoms with Gasteiger partial charge in [0.1, 0.15) is 11.3 Å². The van der Waals surface area contributed by atoms with Crippen molar-refractivity contribution in [2.75, 3.05) is 20.2 Å². The van der Waals surface area contributed by atoms with Gasteiger partial charge in [0.05, 0.1) is 12.7 Å². The number of nitrogens with one attached hydrogen (secondary N) is 2. The summed E-state index contributed by atoms with van der Waals surface area (Å²) in [5.41, 5.74) is 0.254. The highest BCUT2D eigenvalue weighted by molar-refractivity contribution is 5.94. The number of alkyl halides is 3. The molecule has 0 aliphatic rings. The van der Waals surface area contributed by atoms with Crippen LogP contribution in [0.4, 0.5) is 13.2 Å². The third-order valence-electron chi connectivity index (χ3n) is 5.30. The Kier molecular flexibility index (Phi) is 7.60. The van der Waals surface area contributed by atoms with E-state index >= 15 is 0 Å². The van der Waals surface area contributed by atoms with Crippen molar-refractivity contribution >= 4 is 22.8 Å².